The van der Waals surface area contributed by atoms with E-state index >= 15 is 0 Å². The highest BCUT2D eigenvalue weighted by atomic mass is 16.6. The summed E-state index contributed by atoms with van der Waals surface area (Å²) in [6, 6.07) is 9.44. The van der Waals surface area contributed by atoms with E-state index in [0.29, 0.717) is 12.4 Å². The molecule has 1 aliphatic heterocycles. The minimum absolute atomic E-state index is 0.135. The molecule has 1 aromatic rings. The zero-order chi connectivity index (χ0) is 16.8. The third kappa shape index (κ3) is 4.03. The number of ether oxygens (including phenoxy) is 2. The van der Waals surface area contributed by atoms with Gasteiger partial charge in [0.15, 0.2) is 0 Å². The molecule has 4 heteroatoms. The van der Waals surface area contributed by atoms with E-state index in [2.05, 4.69) is 13.2 Å². The van der Waals surface area contributed by atoms with Crippen molar-refractivity contribution in [3.05, 3.63) is 72.7 Å². The molecule has 0 radical (unpaired) electrons. The number of nitrogens with zero attached hydrogens (tertiary/aromatic N) is 1. The average molecular weight is 313 g/mol. The van der Waals surface area contributed by atoms with Crippen LogP contribution in [0.2, 0.25) is 0 Å². The van der Waals surface area contributed by atoms with Gasteiger partial charge in [-0.25, -0.2) is 4.79 Å². The summed E-state index contributed by atoms with van der Waals surface area (Å²) >= 11 is 0. The zero-order valence-electron chi connectivity index (χ0n) is 13.7. The summed E-state index contributed by atoms with van der Waals surface area (Å²) in [5.74, 6) is 0.486. The molecule has 0 saturated heterocycles. The first kappa shape index (κ1) is 16.9. The molecule has 0 fully saturated rings. The van der Waals surface area contributed by atoms with Gasteiger partial charge in [0.1, 0.15) is 6.61 Å². The summed E-state index contributed by atoms with van der Waals surface area (Å²) in [5.41, 5.74) is 1.83. The van der Waals surface area contributed by atoms with Crippen molar-refractivity contribution in [1.29, 1.82) is 0 Å². The van der Waals surface area contributed by atoms with Crippen LogP contribution in [-0.4, -0.2) is 23.6 Å². The van der Waals surface area contributed by atoms with Crippen LogP contribution in [-0.2, 0) is 16.1 Å². The molecule has 0 saturated carbocycles. The first-order valence-electron chi connectivity index (χ1n) is 7.72. The van der Waals surface area contributed by atoms with E-state index in [9.17, 15) is 4.79 Å². The molecule has 122 valence electrons. The van der Waals surface area contributed by atoms with Gasteiger partial charge in [0.25, 0.3) is 0 Å². The number of hydrogen-bond acceptors (Lipinski definition) is 3. The van der Waals surface area contributed by atoms with Gasteiger partial charge >= 0.3 is 6.09 Å². The molecule has 4 nitrogen and oxygen atoms in total. The Balaban J connectivity index is 2.03. The lowest BCUT2D eigenvalue weighted by molar-refractivity contribution is 0.0872. The van der Waals surface area contributed by atoms with Crippen LogP contribution in [0.25, 0.3) is 0 Å². The minimum atomic E-state index is -0.389. The number of hydrogen-bond donors (Lipinski definition) is 0. The van der Waals surface area contributed by atoms with E-state index in [0.717, 1.165) is 11.1 Å². The highest BCUT2D eigenvalue weighted by Crippen LogP contribution is 2.31. The van der Waals surface area contributed by atoms with E-state index in [1.807, 2.05) is 44.2 Å². The maximum atomic E-state index is 12.4. The van der Waals surface area contributed by atoms with Crippen LogP contribution < -0.4 is 0 Å². The fraction of sp³-hybridized carbons (Fsp3) is 0.316. The second kappa shape index (κ2) is 7.68. The zero-order valence-corrected chi connectivity index (χ0v) is 13.7. The number of allylic oxidation sites excluding steroid dienone is 1. The molecule has 0 aliphatic carbocycles. The van der Waals surface area contributed by atoms with E-state index in [-0.39, 0.29) is 24.7 Å². The van der Waals surface area contributed by atoms with E-state index in [1.165, 1.54) is 0 Å². The Labute approximate surface area is 137 Å². The van der Waals surface area contributed by atoms with Gasteiger partial charge in [-0.15, -0.1) is 0 Å². The summed E-state index contributed by atoms with van der Waals surface area (Å²) in [6.45, 7) is 12.6. The molecule has 0 N–H and O–H groups in total. The van der Waals surface area contributed by atoms with Crippen LogP contribution in [0, 0.1) is 5.92 Å². The summed E-state index contributed by atoms with van der Waals surface area (Å²) in [4.78, 5) is 13.9. The van der Waals surface area contributed by atoms with Crippen molar-refractivity contribution >= 4 is 6.09 Å². The Bertz CT molecular complexity index is 606. The first-order valence-corrected chi connectivity index (χ1v) is 7.72. The van der Waals surface area contributed by atoms with Crippen molar-refractivity contribution in [2.24, 2.45) is 5.92 Å². The lowest BCUT2D eigenvalue weighted by Gasteiger charge is -2.36. The molecule has 2 unspecified atom stereocenters. The van der Waals surface area contributed by atoms with Crippen LogP contribution in [0.5, 0.6) is 0 Å². The summed E-state index contributed by atoms with van der Waals surface area (Å²) in [7, 11) is 0. The van der Waals surface area contributed by atoms with Crippen molar-refractivity contribution in [1.82, 2.24) is 4.90 Å². The first-order chi connectivity index (χ1) is 11.0. The standard InChI is InChI=1S/C19H23NO3/c1-5-22-16(4)18-14(2)11-12-20(15(18)3)19(21)23-13-17-9-7-6-8-10-17/h6-12,15,18H,2,4-5,13H2,1,3H3. The molecule has 23 heavy (non-hydrogen) atoms. The second-order valence-corrected chi connectivity index (χ2v) is 5.46. The Morgan fingerprint density at radius 3 is 2.61 bits per heavy atom. The van der Waals surface area contributed by atoms with Gasteiger partial charge in [-0.1, -0.05) is 43.5 Å². The number of carbonyl (C=O) groups is 1. The maximum absolute atomic E-state index is 12.4. The topological polar surface area (TPSA) is 38.8 Å². The second-order valence-electron chi connectivity index (χ2n) is 5.46. The Kier molecular flexibility index (Phi) is 5.63. The van der Waals surface area contributed by atoms with Gasteiger partial charge in [0.2, 0.25) is 0 Å². The minimum Gasteiger partial charge on any atom is -0.498 e. The van der Waals surface area contributed by atoms with Crippen LogP contribution in [0.4, 0.5) is 4.79 Å². The fourth-order valence-electron chi connectivity index (χ4n) is 2.66. The molecular formula is C19H23NO3. The molecule has 2 rings (SSSR count). The van der Waals surface area contributed by atoms with Gasteiger partial charge in [-0.3, -0.25) is 4.90 Å². The highest BCUT2D eigenvalue weighted by Gasteiger charge is 2.33. The molecule has 0 spiro atoms. The van der Waals surface area contributed by atoms with Crippen molar-refractivity contribution < 1.29 is 14.3 Å². The van der Waals surface area contributed by atoms with Gasteiger partial charge in [0.05, 0.1) is 24.3 Å². The highest BCUT2D eigenvalue weighted by molar-refractivity contribution is 5.70. The maximum Gasteiger partial charge on any atom is 0.414 e. The smallest absolute Gasteiger partial charge is 0.414 e. The van der Waals surface area contributed by atoms with Crippen LogP contribution >= 0.6 is 0 Å². The molecule has 1 aliphatic rings. The largest absolute Gasteiger partial charge is 0.498 e. The molecule has 1 aromatic carbocycles. The lowest BCUT2D eigenvalue weighted by atomic mass is 9.88. The van der Waals surface area contributed by atoms with E-state index < -0.39 is 0 Å². The number of benzene rings is 1. The van der Waals surface area contributed by atoms with Gasteiger partial charge in [0, 0.05) is 6.20 Å². The van der Waals surface area contributed by atoms with E-state index in [4.69, 9.17) is 9.47 Å². The molecule has 1 heterocycles. The molecule has 0 aromatic heterocycles. The van der Waals surface area contributed by atoms with Crippen molar-refractivity contribution in [3.8, 4) is 0 Å². The van der Waals surface area contributed by atoms with Crippen LogP contribution in [0.15, 0.2) is 67.1 Å². The van der Waals surface area contributed by atoms with E-state index in [1.54, 1.807) is 17.2 Å². The fourth-order valence-corrected chi connectivity index (χ4v) is 2.66. The summed E-state index contributed by atoms with van der Waals surface area (Å²) in [5, 5.41) is 0. The van der Waals surface area contributed by atoms with Gasteiger partial charge in [-0.05, 0) is 31.1 Å². The monoisotopic (exact) mass is 313 g/mol. The lowest BCUT2D eigenvalue weighted by Crippen LogP contribution is -2.43. The number of amides is 1. The van der Waals surface area contributed by atoms with Crippen LogP contribution in [0.1, 0.15) is 19.4 Å². The third-order valence-electron chi connectivity index (χ3n) is 3.86. The quantitative estimate of drug-likeness (QED) is 0.762. The predicted octanol–water partition coefficient (Wildman–Crippen LogP) is 4.26. The molecule has 2 atom stereocenters. The summed E-state index contributed by atoms with van der Waals surface area (Å²) < 4.78 is 10.9. The van der Waals surface area contributed by atoms with Gasteiger partial charge < -0.3 is 9.47 Å². The third-order valence-corrected chi connectivity index (χ3v) is 3.86. The molecule has 1 amide bonds. The predicted molar refractivity (Wildman–Crippen MR) is 90.5 cm³/mol. The summed E-state index contributed by atoms with van der Waals surface area (Å²) in [6.07, 6.45) is 3.12. The van der Waals surface area contributed by atoms with Crippen molar-refractivity contribution in [3.63, 3.8) is 0 Å². The van der Waals surface area contributed by atoms with Gasteiger partial charge in [-0.2, -0.15) is 0 Å². The normalized spacial score (nSPS) is 20.3. The Morgan fingerprint density at radius 2 is 1.96 bits per heavy atom. The molecule has 0 bridgehead atoms. The Morgan fingerprint density at radius 1 is 1.26 bits per heavy atom. The number of rotatable bonds is 5. The van der Waals surface area contributed by atoms with Crippen LogP contribution in [0.3, 0.4) is 0 Å². The molecular weight excluding hydrogens is 290 g/mol. The number of carbonyl (C=O) groups excluding carboxylic acids is 1. The van der Waals surface area contributed by atoms with Crippen molar-refractivity contribution in [2.45, 2.75) is 26.5 Å². The Hall–Kier alpha value is -2.49. The van der Waals surface area contributed by atoms with Crippen molar-refractivity contribution in [2.75, 3.05) is 6.61 Å². The SMILES string of the molecule is C=C1C=CN(C(=O)OCc2ccccc2)C(C)C1C(=C)OCC. The average Bonchev–Trinajstić information content (AvgIpc) is 2.54.